The zero-order chi connectivity index (χ0) is 17.4. The predicted molar refractivity (Wildman–Crippen MR) is 113 cm³/mol. The maximum Gasteiger partial charge on any atom is 0.125 e. The molecule has 0 aliphatic rings. The lowest BCUT2D eigenvalue weighted by molar-refractivity contribution is 1.35. The number of aromatic nitrogens is 1. The molecule has 0 saturated carbocycles. The number of thiazole rings is 1. The topological polar surface area (TPSA) is 12.9 Å². The quantitative estimate of drug-likeness (QED) is 0.329. The summed E-state index contributed by atoms with van der Waals surface area (Å²) in [7, 11) is 0. The van der Waals surface area contributed by atoms with E-state index in [-0.39, 0.29) is 0 Å². The van der Waals surface area contributed by atoms with Gasteiger partial charge in [0.15, 0.2) is 0 Å². The third kappa shape index (κ3) is 3.10. The van der Waals surface area contributed by atoms with E-state index in [9.17, 15) is 0 Å². The van der Waals surface area contributed by atoms with Crippen molar-refractivity contribution < 1.29 is 0 Å². The maximum absolute atomic E-state index is 4.76. The van der Waals surface area contributed by atoms with Crippen molar-refractivity contribution in [2.24, 2.45) is 0 Å². The van der Waals surface area contributed by atoms with Crippen molar-refractivity contribution in [1.29, 1.82) is 0 Å². The summed E-state index contributed by atoms with van der Waals surface area (Å²) in [6.45, 7) is 4.42. The van der Waals surface area contributed by atoms with Crippen LogP contribution in [-0.4, -0.2) is 4.98 Å². The van der Waals surface area contributed by atoms with E-state index in [0.29, 0.717) is 0 Å². The molecule has 0 unspecified atom stereocenters. The van der Waals surface area contributed by atoms with Gasteiger partial charge in [-0.05, 0) is 40.9 Å². The molecule has 2 aromatic heterocycles. The van der Waals surface area contributed by atoms with E-state index in [4.69, 9.17) is 4.98 Å². The van der Waals surface area contributed by atoms with Gasteiger partial charge >= 0.3 is 0 Å². The normalized spacial score (nSPS) is 11.0. The molecule has 0 radical (unpaired) electrons. The second-order valence-corrected chi connectivity index (χ2v) is 8.83. The minimum atomic E-state index is 0.931. The molecule has 0 saturated heterocycles. The molecular weight excluding hydrogens is 410 g/mol. The first-order valence-corrected chi connectivity index (χ1v) is 10.5. The number of benzene rings is 2. The van der Waals surface area contributed by atoms with Crippen molar-refractivity contribution >= 4 is 38.6 Å². The van der Waals surface area contributed by atoms with E-state index in [1.54, 1.807) is 11.3 Å². The molecule has 25 heavy (non-hydrogen) atoms. The second-order valence-electron chi connectivity index (χ2n) is 5.86. The fourth-order valence-electron chi connectivity index (χ4n) is 3.01. The van der Waals surface area contributed by atoms with Crippen LogP contribution in [0.4, 0.5) is 0 Å². The average Bonchev–Trinajstić information content (AvgIpc) is 3.16. The number of aryl methyl sites for hydroxylation is 1. The van der Waals surface area contributed by atoms with Crippen LogP contribution in [0.25, 0.3) is 31.5 Å². The van der Waals surface area contributed by atoms with E-state index in [0.717, 1.165) is 15.2 Å². The van der Waals surface area contributed by atoms with Gasteiger partial charge in [0, 0.05) is 20.9 Å². The zero-order valence-electron chi connectivity index (χ0n) is 13.9. The highest BCUT2D eigenvalue weighted by atomic mass is 79.9. The van der Waals surface area contributed by atoms with Crippen LogP contribution in [0.1, 0.15) is 10.4 Å². The SMILES string of the molecule is Cc1sc(-c2ccccc2)c(C)c1-c1sc(-c2ccccc2)nc1Br. The van der Waals surface area contributed by atoms with E-state index in [1.807, 2.05) is 17.4 Å². The molecular formula is C21H16BrNS2. The smallest absolute Gasteiger partial charge is 0.125 e. The Morgan fingerprint density at radius 3 is 2.00 bits per heavy atom. The number of halogens is 1. The summed E-state index contributed by atoms with van der Waals surface area (Å²) in [5.74, 6) is 0. The van der Waals surface area contributed by atoms with Gasteiger partial charge in [0.05, 0.1) is 4.88 Å². The lowest BCUT2D eigenvalue weighted by Gasteiger charge is -2.02. The van der Waals surface area contributed by atoms with Crippen molar-refractivity contribution in [1.82, 2.24) is 4.98 Å². The first-order valence-electron chi connectivity index (χ1n) is 8.02. The van der Waals surface area contributed by atoms with Crippen molar-refractivity contribution in [2.45, 2.75) is 13.8 Å². The number of nitrogens with zero attached hydrogens (tertiary/aromatic N) is 1. The van der Waals surface area contributed by atoms with Crippen molar-refractivity contribution in [2.75, 3.05) is 0 Å². The molecule has 4 heteroatoms. The number of hydrogen-bond donors (Lipinski definition) is 0. The Balaban J connectivity index is 1.84. The zero-order valence-corrected chi connectivity index (χ0v) is 17.1. The summed E-state index contributed by atoms with van der Waals surface area (Å²) in [6.07, 6.45) is 0. The summed E-state index contributed by atoms with van der Waals surface area (Å²) in [5, 5.41) is 1.05. The van der Waals surface area contributed by atoms with Gasteiger partial charge in [-0.2, -0.15) is 0 Å². The molecule has 2 heterocycles. The number of hydrogen-bond acceptors (Lipinski definition) is 3. The minimum absolute atomic E-state index is 0.931. The van der Waals surface area contributed by atoms with Gasteiger partial charge < -0.3 is 0 Å². The van der Waals surface area contributed by atoms with E-state index in [2.05, 4.69) is 84.4 Å². The first kappa shape index (κ1) is 16.7. The molecule has 2 aromatic carbocycles. The van der Waals surface area contributed by atoms with E-state index < -0.39 is 0 Å². The monoisotopic (exact) mass is 425 g/mol. The summed E-state index contributed by atoms with van der Waals surface area (Å²) in [5.41, 5.74) is 5.09. The van der Waals surface area contributed by atoms with Gasteiger partial charge in [0.25, 0.3) is 0 Å². The molecule has 0 aliphatic heterocycles. The molecule has 0 aliphatic carbocycles. The molecule has 0 fully saturated rings. The van der Waals surface area contributed by atoms with Crippen molar-refractivity contribution in [3.05, 3.63) is 75.7 Å². The summed E-state index contributed by atoms with van der Waals surface area (Å²) >= 11 is 7.30. The van der Waals surface area contributed by atoms with Gasteiger partial charge in [-0.3, -0.25) is 0 Å². The molecule has 0 spiro atoms. The highest BCUT2D eigenvalue weighted by Crippen LogP contribution is 2.46. The standard InChI is InChI=1S/C21H16BrNS2/c1-13-17(14(2)24-18(13)15-9-5-3-6-10-15)19-20(22)23-21(25-19)16-11-7-4-8-12-16/h3-12H,1-2H3. The Morgan fingerprint density at radius 2 is 1.36 bits per heavy atom. The van der Waals surface area contributed by atoms with Gasteiger partial charge in [0.1, 0.15) is 9.61 Å². The van der Waals surface area contributed by atoms with Gasteiger partial charge in [-0.15, -0.1) is 22.7 Å². The van der Waals surface area contributed by atoms with Gasteiger partial charge in [-0.1, -0.05) is 60.7 Å². The molecule has 0 bridgehead atoms. The van der Waals surface area contributed by atoms with Crippen molar-refractivity contribution in [3.8, 4) is 31.5 Å². The molecule has 4 aromatic rings. The average molecular weight is 426 g/mol. The van der Waals surface area contributed by atoms with Crippen LogP contribution in [-0.2, 0) is 0 Å². The van der Waals surface area contributed by atoms with Crippen LogP contribution in [0, 0.1) is 13.8 Å². The predicted octanol–water partition coefficient (Wildman–Crippen LogP) is 7.58. The van der Waals surface area contributed by atoms with E-state index in [1.165, 1.54) is 31.3 Å². The Labute approximate surface area is 164 Å². The first-order chi connectivity index (χ1) is 12.1. The summed E-state index contributed by atoms with van der Waals surface area (Å²) in [4.78, 5) is 8.65. The second kappa shape index (κ2) is 6.87. The van der Waals surface area contributed by atoms with E-state index >= 15 is 0 Å². The Kier molecular flexibility index (Phi) is 4.59. The molecule has 0 N–H and O–H groups in total. The minimum Gasteiger partial charge on any atom is -0.228 e. The largest absolute Gasteiger partial charge is 0.228 e. The van der Waals surface area contributed by atoms with Gasteiger partial charge in [0.2, 0.25) is 0 Å². The molecule has 0 amide bonds. The van der Waals surface area contributed by atoms with Crippen LogP contribution in [0.3, 0.4) is 0 Å². The number of rotatable bonds is 3. The lowest BCUT2D eigenvalue weighted by Crippen LogP contribution is -1.80. The van der Waals surface area contributed by atoms with Crippen LogP contribution in [0.2, 0.25) is 0 Å². The third-order valence-electron chi connectivity index (χ3n) is 4.19. The molecule has 0 atom stereocenters. The number of thiophene rings is 1. The lowest BCUT2D eigenvalue weighted by atomic mass is 10.1. The summed E-state index contributed by atoms with van der Waals surface area (Å²) in [6, 6.07) is 21.0. The fraction of sp³-hybridized carbons (Fsp3) is 0.0952. The van der Waals surface area contributed by atoms with Gasteiger partial charge in [-0.25, -0.2) is 4.98 Å². The highest BCUT2D eigenvalue weighted by Gasteiger charge is 2.20. The molecule has 124 valence electrons. The fourth-order valence-corrected chi connectivity index (χ4v) is 6.11. The highest BCUT2D eigenvalue weighted by molar-refractivity contribution is 9.10. The molecule has 4 rings (SSSR count). The Morgan fingerprint density at radius 1 is 0.760 bits per heavy atom. The van der Waals surface area contributed by atoms with Crippen LogP contribution in [0.5, 0.6) is 0 Å². The van der Waals surface area contributed by atoms with Crippen molar-refractivity contribution in [3.63, 3.8) is 0 Å². The van der Waals surface area contributed by atoms with Crippen LogP contribution in [0.15, 0.2) is 65.3 Å². The maximum atomic E-state index is 4.76. The molecule has 1 nitrogen and oxygen atoms in total. The van der Waals surface area contributed by atoms with Crippen LogP contribution >= 0.6 is 38.6 Å². The Hall–Kier alpha value is -1.75. The third-order valence-corrected chi connectivity index (χ3v) is 7.41. The summed E-state index contributed by atoms with van der Waals surface area (Å²) < 4.78 is 0.931. The van der Waals surface area contributed by atoms with Crippen LogP contribution < -0.4 is 0 Å². The Bertz CT molecular complexity index is 1020.